The maximum atomic E-state index is 13.9. The average molecular weight is 523 g/mol. The molecule has 9 nitrogen and oxygen atoms in total. The Balaban J connectivity index is 2.04. The van der Waals surface area contributed by atoms with Gasteiger partial charge in [-0.1, -0.05) is 36.0 Å². The van der Waals surface area contributed by atoms with Gasteiger partial charge in [0, 0.05) is 5.22 Å². The Labute approximate surface area is 217 Å². The fraction of sp³-hybridized carbons (Fsp3) is 0.222. The van der Waals surface area contributed by atoms with Gasteiger partial charge in [0.25, 0.3) is 0 Å². The summed E-state index contributed by atoms with van der Waals surface area (Å²) in [6, 6.07) is 14.0. The van der Waals surface area contributed by atoms with Crippen LogP contribution in [0.4, 0.5) is 5.69 Å². The monoisotopic (exact) mass is 522 g/mol. The van der Waals surface area contributed by atoms with Gasteiger partial charge in [0.05, 0.1) is 39.0 Å². The molecular formula is C27H26N2O7S. The van der Waals surface area contributed by atoms with Gasteiger partial charge in [-0.3, -0.25) is 9.36 Å². The number of esters is 2. The van der Waals surface area contributed by atoms with E-state index in [9.17, 15) is 14.4 Å². The summed E-state index contributed by atoms with van der Waals surface area (Å²) in [6.45, 7) is 1.73. The predicted octanol–water partition coefficient (Wildman–Crippen LogP) is 2.50. The molecule has 1 aliphatic heterocycles. The number of fused-ring (bicyclic) bond motifs is 1. The molecule has 3 aromatic rings. The minimum absolute atomic E-state index is 0.0232. The number of carbonyl (C=O) groups is 3. The Kier molecular flexibility index (Phi) is 7.58. The molecule has 0 spiro atoms. The molecule has 10 heteroatoms. The molecule has 1 aliphatic rings. The zero-order valence-corrected chi connectivity index (χ0v) is 21.6. The van der Waals surface area contributed by atoms with Crippen molar-refractivity contribution in [3.05, 3.63) is 75.9 Å². The van der Waals surface area contributed by atoms with Gasteiger partial charge in [0.15, 0.2) is 5.69 Å². The molecule has 0 unspecified atom stereocenters. The molecule has 0 aliphatic carbocycles. The largest absolute Gasteiger partial charge is 0.497 e. The molecule has 0 saturated carbocycles. The summed E-state index contributed by atoms with van der Waals surface area (Å²) in [5.41, 5.74) is 7.71. The van der Waals surface area contributed by atoms with Crippen molar-refractivity contribution in [1.29, 1.82) is 0 Å². The minimum atomic E-state index is -0.846. The van der Waals surface area contributed by atoms with E-state index in [1.165, 1.54) is 11.7 Å². The molecule has 2 heterocycles. The summed E-state index contributed by atoms with van der Waals surface area (Å²) in [6.07, 6.45) is 1.70. The number of anilines is 1. The molecule has 0 amide bonds. The Morgan fingerprint density at radius 1 is 0.973 bits per heavy atom. The predicted molar refractivity (Wildman–Crippen MR) is 140 cm³/mol. The molecule has 1 atom stereocenters. The number of ether oxygens (including phenoxy) is 4. The molecule has 0 radical (unpaired) electrons. The van der Waals surface area contributed by atoms with Crippen molar-refractivity contribution in [2.75, 3.05) is 33.7 Å². The van der Waals surface area contributed by atoms with Gasteiger partial charge in [0.1, 0.15) is 21.7 Å². The number of hydrogen-bond donors (Lipinski definition) is 1. The number of rotatable bonds is 7. The average Bonchev–Trinajstić information content (AvgIpc) is 3.21. The number of nitrogens with zero attached hydrogens (tertiary/aromatic N) is 1. The SMILES string of the molecule is CCOC(=O)c1c(N)/c(=C\c2ccc(OC)cc2)c2n1C(=O)[C@H](c1ccc(OC)cc1)SC=2C(=O)OC. The molecule has 4 rings (SSSR count). The van der Waals surface area contributed by atoms with Crippen molar-refractivity contribution < 1.29 is 33.3 Å². The summed E-state index contributed by atoms with van der Waals surface area (Å²) in [7, 11) is 4.36. The second-order valence-corrected chi connectivity index (χ2v) is 9.04. The molecule has 0 bridgehead atoms. The van der Waals surface area contributed by atoms with E-state index in [4.69, 9.17) is 24.7 Å². The lowest BCUT2D eigenvalue weighted by Gasteiger charge is -2.23. The van der Waals surface area contributed by atoms with E-state index >= 15 is 0 Å². The van der Waals surface area contributed by atoms with Crippen LogP contribution in [-0.2, 0) is 14.3 Å². The normalized spacial score (nSPS) is 15.2. The molecule has 37 heavy (non-hydrogen) atoms. The molecule has 2 N–H and O–H groups in total. The number of methoxy groups -OCH3 is 3. The highest BCUT2D eigenvalue weighted by Crippen LogP contribution is 2.40. The van der Waals surface area contributed by atoms with Gasteiger partial charge in [0.2, 0.25) is 5.91 Å². The van der Waals surface area contributed by atoms with E-state index in [0.717, 1.165) is 17.3 Å². The van der Waals surface area contributed by atoms with Crippen molar-refractivity contribution in [2.45, 2.75) is 12.2 Å². The first-order valence-electron chi connectivity index (χ1n) is 11.3. The summed E-state index contributed by atoms with van der Waals surface area (Å²) in [5.74, 6) is -0.597. The van der Waals surface area contributed by atoms with Crippen molar-refractivity contribution in [1.82, 2.24) is 4.57 Å². The highest BCUT2D eigenvalue weighted by molar-refractivity contribution is 8.10. The zero-order valence-electron chi connectivity index (χ0n) is 20.8. The van der Waals surface area contributed by atoms with Crippen LogP contribution >= 0.6 is 11.8 Å². The lowest BCUT2D eigenvalue weighted by Crippen LogP contribution is -2.42. The second-order valence-electron chi connectivity index (χ2n) is 7.93. The van der Waals surface area contributed by atoms with Crippen molar-refractivity contribution in [2.24, 2.45) is 0 Å². The lowest BCUT2D eigenvalue weighted by molar-refractivity contribution is -0.133. The molecule has 192 valence electrons. The number of benzene rings is 2. The quantitative estimate of drug-likeness (QED) is 0.467. The van der Waals surface area contributed by atoms with Gasteiger partial charge in [-0.15, -0.1) is 0 Å². The number of hydrogen-bond acceptors (Lipinski definition) is 9. The molecule has 2 aromatic carbocycles. The second kappa shape index (κ2) is 10.8. The summed E-state index contributed by atoms with van der Waals surface area (Å²) in [4.78, 5) is 40.1. The van der Waals surface area contributed by atoms with Crippen molar-refractivity contribution >= 4 is 46.3 Å². The number of carbonyl (C=O) groups excluding carboxylic acids is 3. The Bertz CT molecular complexity index is 1470. The molecule has 0 saturated heterocycles. The van der Waals surface area contributed by atoms with E-state index < -0.39 is 23.1 Å². The van der Waals surface area contributed by atoms with Gasteiger partial charge in [-0.25, -0.2) is 9.59 Å². The number of nitrogen functional groups attached to an aromatic ring is 1. The van der Waals surface area contributed by atoms with Crippen LogP contribution < -0.4 is 25.8 Å². The van der Waals surface area contributed by atoms with E-state index in [2.05, 4.69) is 0 Å². The van der Waals surface area contributed by atoms with Gasteiger partial charge >= 0.3 is 11.9 Å². The topological polar surface area (TPSA) is 119 Å². The van der Waals surface area contributed by atoms with Crippen molar-refractivity contribution in [3.8, 4) is 11.5 Å². The van der Waals surface area contributed by atoms with Crippen LogP contribution in [0.2, 0.25) is 0 Å². The number of nitrogens with two attached hydrogens (primary N) is 1. The third kappa shape index (κ3) is 4.79. The Morgan fingerprint density at radius 2 is 1.57 bits per heavy atom. The van der Waals surface area contributed by atoms with E-state index in [-0.39, 0.29) is 28.2 Å². The first-order chi connectivity index (χ1) is 17.8. The standard InChI is InChI=1S/C27H26N2O7S/c1-5-36-26(31)22-20(28)19(14-15-6-10-17(33-2)11-7-15)21-24(27(32)35-4)37-23(25(30)29(21)22)16-8-12-18(34-3)13-9-16/h6-14,23H,5,28H2,1-4H3/b19-14+/t23-/m0/s1. The number of thioether (sulfide) groups is 1. The minimum Gasteiger partial charge on any atom is -0.497 e. The van der Waals surface area contributed by atoms with Gasteiger partial charge in [-0.05, 0) is 48.4 Å². The summed E-state index contributed by atoms with van der Waals surface area (Å²) < 4.78 is 21.9. The fourth-order valence-corrected chi connectivity index (χ4v) is 5.26. The Hall–Kier alpha value is -4.18. The molecule has 0 fully saturated rings. The maximum Gasteiger partial charge on any atom is 0.357 e. The summed E-state index contributed by atoms with van der Waals surface area (Å²) in [5, 5.41) is -0.327. The number of aromatic nitrogens is 1. The van der Waals surface area contributed by atoms with Crippen LogP contribution in [-0.4, -0.2) is 50.3 Å². The van der Waals surface area contributed by atoms with E-state index in [0.29, 0.717) is 22.3 Å². The molecule has 1 aromatic heterocycles. The van der Waals surface area contributed by atoms with Crippen LogP contribution in [0.3, 0.4) is 0 Å². The highest BCUT2D eigenvalue weighted by Gasteiger charge is 2.38. The first kappa shape index (κ1) is 25.9. The third-order valence-electron chi connectivity index (χ3n) is 5.83. The molecular weight excluding hydrogens is 496 g/mol. The van der Waals surface area contributed by atoms with Crippen molar-refractivity contribution in [3.63, 3.8) is 0 Å². The zero-order chi connectivity index (χ0) is 26.7. The fourth-order valence-electron chi connectivity index (χ4n) is 4.03. The maximum absolute atomic E-state index is 13.9. The van der Waals surface area contributed by atoms with Crippen LogP contribution in [0.15, 0.2) is 48.5 Å². The summed E-state index contributed by atoms with van der Waals surface area (Å²) >= 11 is 1.04. The van der Waals surface area contributed by atoms with Gasteiger partial charge < -0.3 is 24.7 Å². The lowest BCUT2D eigenvalue weighted by atomic mass is 10.1. The van der Waals surface area contributed by atoms with Crippen LogP contribution in [0.1, 0.15) is 38.6 Å². The highest BCUT2D eigenvalue weighted by atomic mass is 32.2. The van der Waals surface area contributed by atoms with E-state index in [1.54, 1.807) is 75.8 Å². The smallest absolute Gasteiger partial charge is 0.357 e. The van der Waals surface area contributed by atoms with E-state index in [1.807, 2.05) is 0 Å². The third-order valence-corrected chi connectivity index (χ3v) is 7.13. The van der Waals surface area contributed by atoms with Crippen LogP contribution in [0.25, 0.3) is 11.0 Å². The Morgan fingerprint density at radius 3 is 2.11 bits per heavy atom. The van der Waals surface area contributed by atoms with Crippen LogP contribution in [0.5, 0.6) is 11.5 Å². The first-order valence-corrected chi connectivity index (χ1v) is 12.2. The van der Waals surface area contributed by atoms with Crippen LogP contribution in [0, 0.1) is 0 Å². The van der Waals surface area contributed by atoms with Gasteiger partial charge in [-0.2, -0.15) is 0 Å².